The molecule has 0 bridgehead atoms. The second-order valence-electron chi connectivity index (χ2n) is 8.32. The van der Waals surface area contributed by atoms with Gasteiger partial charge in [0.15, 0.2) is 12.2 Å². The molecule has 4 aromatic rings. The van der Waals surface area contributed by atoms with Crippen molar-refractivity contribution in [2.75, 3.05) is 11.9 Å². The van der Waals surface area contributed by atoms with Crippen LogP contribution in [0.3, 0.4) is 0 Å². The van der Waals surface area contributed by atoms with Crippen LogP contribution in [0.25, 0.3) is 22.6 Å². The number of aromatic nitrogens is 1. The number of hydrogen-bond donors (Lipinski definition) is 1. The van der Waals surface area contributed by atoms with Crippen LogP contribution in [-0.2, 0) is 10.2 Å². The Morgan fingerprint density at radius 3 is 2.42 bits per heavy atom. The molecule has 0 radical (unpaired) electrons. The second kappa shape index (κ2) is 8.70. The minimum absolute atomic E-state index is 0.0690. The van der Waals surface area contributed by atoms with Crippen molar-refractivity contribution in [2.24, 2.45) is 0 Å². The quantitative estimate of drug-likeness (QED) is 0.305. The van der Waals surface area contributed by atoms with E-state index in [-0.39, 0.29) is 17.9 Å². The summed E-state index contributed by atoms with van der Waals surface area (Å²) < 4.78 is 12.6. The van der Waals surface area contributed by atoms with Crippen LogP contribution >= 0.6 is 22.6 Å². The van der Waals surface area contributed by atoms with Crippen LogP contribution in [0.1, 0.15) is 26.3 Å². The van der Waals surface area contributed by atoms with Crippen molar-refractivity contribution in [3.8, 4) is 17.2 Å². The molecule has 31 heavy (non-hydrogen) atoms. The second-order valence-corrected chi connectivity index (χ2v) is 9.57. The molecule has 1 N–H and O–H groups in total. The van der Waals surface area contributed by atoms with E-state index in [4.69, 9.17) is 9.15 Å². The Bertz CT molecular complexity index is 1210. The molecule has 4 rings (SSSR count). The largest absolute Gasteiger partial charge is 0.484 e. The summed E-state index contributed by atoms with van der Waals surface area (Å²) in [7, 11) is 0. The monoisotopic (exact) mass is 526 g/mol. The molecule has 6 heteroatoms. The average molecular weight is 526 g/mol. The fraction of sp³-hybridized carbons (Fsp3) is 0.200. The van der Waals surface area contributed by atoms with E-state index in [2.05, 4.69) is 65.8 Å². The molecule has 0 aliphatic rings. The third-order valence-electron chi connectivity index (χ3n) is 4.85. The lowest BCUT2D eigenvalue weighted by Gasteiger charge is -2.18. The Kier molecular flexibility index (Phi) is 6.00. The Labute approximate surface area is 195 Å². The van der Waals surface area contributed by atoms with Crippen molar-refractivity contribution in [1.29, 1.82) is 0 Å². The first kappa shape index (κ1) is 21.4. The number of rotatable bonds is 5. The summed E-state index contributed by atoms with van der Waals surface area (Å²) in [4.78, 5) is 16.8. The van der Waals surface area contributed by atoms with E-state index in [0.717, 1.165) is 14.7 Å². The number of carbonyl (C=O) groups excluding carboxylic acids is 1. The zero-order chi connectivity index (χ0) is 22.0. The molecule has 0 aliphatic heterocycles. The number of fused-ring (bicyclic) bond motifs is 1. The summed E-state index contributed by atoms with van der Waals surface area (Å²) in [5.74, 6) is 0.972. The molecule has 0 aliphatic carbocycles. The zero-order valence-corrected chi connectivity index (χ0v) is 19.8. The Hall–Kier alpha value is -2.87. The molecule has 0 saturated heterocycles. The van der Waals surface area contributed by atoms with E-state index in [9.17, 15) is 4.79 Å². The van der Waals surface area contributed by atoms with Crippen LogP contribution in [0.15, 0.2) is 71.1 Å². The smallest absolute Gasteiger partial charge is 0.262 e. The summed E-state index contributed by atoms with van der Waals surface area (Å²) in [6.07, 6.45) is 0. The number of ether oxygens (including phenoxy) is 1. The highest BCUT2D eigenvalue weighted by Crippen LogP contribution is 2.29. The SMILES string of the molecule is CC(C)(C)c1ccc(-c2nc3ccc(NC(=O)COc4ccc(I)cc4)cc3o2)cc1. The number of hydrogen-bond acceptors (Lipinski definition) is 4. The highest BCUT2D eigenvalue weighted by atomic mass is 127. The first-order chi connectivity index (χ1) is 14.8. The number of carbonyl (C=O) groups is 1. The predicted octanol–water partition coefficient (Wildman–Crippen LogP) is 6.41. The van der Waals surface area contributed by atoms with Gasteiger partial charge in [-0.25, -0.2) is 4.98 Å². The number of anilines is 1. The van der Waals surface area contributed by atoms with Gasteiger partial charge in [-0.05, 0) is 82.1 Å². The highest BCUT2D eigenvalue weighted by molar-refractivity contribution is 14.1. The van der Waals surface area contributed by atoms with Gasteiger partial charge in [-0.15, -0.1) is 0 Å². The van der Waals surface area contributed by atoms with Crippen molar-refractivity contribution < 1.29 is 13.9 Å². The molecule has 0 fully saturated rings. The van der Waals surface area contributed by atoms with Crippen LogP contribution in [0, 0.1) is 3.57 Å². The van der Waals surface area contributed by atoms with Crippen molar-refractivity contribution in [2.45, 2.75) is 26.2 Å². The zero-order valence-electron chi connectivity index (χ0n) is 17.6. The van der Waals surface area contributed by atoms with Gasteiger partial charge in [0.25, 0.3) is 5.91 Å². The van der Waals surface area contributed by atoms with Gasteiger partial charge in [-0.3, -0.25) is 4.79 Å². The Balaban J connectivity index is 1.44. The summed E-state index contributed by atoms with van der Waals surface area (Å²) in [6.45, 7) is 6.48. The summed E-state index contributed by atoms with van der Waals surface area (Å²) in [6, 6.07) is 21.2. The normalized spacial score (nSPS) is 11.5. The van der Waals surface area contributed by atoms with Gasteiger partial charge in [-0.1, -0.05) is 32.9 Å². The number of nitrogens with zero attached hydrogens (tertiary/aromatic N) is 1. The summed E-state index contributed by atoms with van der Waals surface area (Å²) in [5.41, 5.74) is 4.25. The van der Waals surface area contributed by atoms with Crippen molar-refractivity contribution in [3.05, 3.63) is 75.9 Å². The van der Waals surface area contributed by atoms with E-state index < -0.39 is 0 Å². The molecule has 1 aromatic heterocycles. The Morgan fingerprint density at radius 2 is 1.74 bits per heavy atom. The number of amides is 1. The van der Waals surface area contributed by atoms with Crippen LogP contribution in [0.4, 0.5) is 5.69 Å². The van der Waals surface area contributed by atoms with E-state index in [1.165, 1.54) is 5.56 Å². The molecule has 0 unspecified atom stereocenters. The Morgan fingerprint density at radius 1 is 1.03 bits per heavy atom. The first-order valence-electron chi connectivity index (χ1n) is 9.98. The van der Waals surface area contributed by atoms with Crippen LogP contribution < -0.4 is 10.1 Å². The van der Waals surface area contributed by atoms with Crippen LogP contribution in [0.2, 0.25) is 0 Å². The summed E-state index contributed by atoms with van der Waals surface area (Å²) >= 11 is 2.22. The maximum absolute atomic E-state index is 12.2. The van der Waals surface area contributed by atoms with Gasteiger partial charge >= 0.3 is 0 Å². The highest BCUT2D eigenvalue weighted by Gasteiger charge is 2.15. The standard InChI is InChI=1S/C25H23IN2O3/c1-25(2,3)17-6-4-16(5-7-17)24-28-21-13-10-19(14-22(21)31-24)27-23(29)15-30-20-11-8-18(26)9-12-20/h4-14H,15H2,1-3H3,(H,27,29). The van der Waals surface area contributed by atoms with Crippen molar-refractivity contribution in [3.63, 3.8) is 0 Å². The molecule has 0 saturated carbocycles. The van der Waals surface area contributed by atoms with Crippen LogP contribution in [0.5, 0.6) is 5.75 Å². The summed E-state index contributed by atoms with van der Waals surface area (Å²) in [5, 5.41) is 2.84. The van der Waals surface area contributed by atoms with Crippen LogP contribution in [-0.4, -0.2) is 17.5 Å². The number of benzene rings is 3. The minimum atomic E-state index is -0.240. The molecule has 158 valence electrons. The lowest BCUT2D eigenvalue weighted by Crippen LogP contribution is -2.20. The van der Waals surface area contributed by atoms with E-state index in [1.54, 1.807) is 12.1 Å². The molecular weight excluding hydrogens is 503 g/mol. The van der Waals surface area contributed by atoms with Gasteiger partial charge < -0.3 is 14.5 Å². The maximum atomic E-state index is 12.2. The van der Waals surface area contributed by atoms with Gasteiger partial charge in [0.2, 0.25) is 5.89 Å². The molecule has 1 amide bonds. The third kappa shape index (κ3) is 5.25. The third-order valence-corrected chi connectivity index (χ3v) is 5.57. The molecule has 0 spiro atoms. The van der Waals surface area contributed by atoms with E-state index >= 15 is 0 Å². The molecule has 1 heterocycles. The van der Waals surface area contributed by atoms with Gasteiger partial charge in [0.1, 0.15) is 11.3 Å². The predicted molar refractivity (Wildman–Crippen MR) is 131 cm³/mol. The van der Waals surface area contributed by atoms with Gasteiger partial charge in [-0.2, -0.15) is 0 Å². The number of nitrogens with one attached hydrogen (secondary N) is 1. The first-order valence-corrected chi connectivity index (χ1v) is 11.1. The van der Waals surface area contributed by atoms with E-state index in [1.807, 2.05) is 42.5 Å². The molecule has 3 aromatic carbocycles. The lowest BCUT2D eigenvalue weighted by molar-refractivity contribution is -0.118. The van der Waals surface area contributed by atoms with Gasteiger partial charge in [0, 0.05) is 20.9 Å². The van der Waals surface area contributed by atoms with Crippen molar-refractivity contribution >= 4 is 45.3 Å². The topological polar surface area (TPSA) is 64.4 Å². The molecule has 0 atom stereocenters. The van der Waals surface area contributed by atoms with Crippen molar-refractivity contribution in [1.82, 2.24) is 4.98 Å². The van der Waals surface area contributed by atoms with E-state index in [0.29, 0.717) is 22.9 Å². The van der Waals surface area contributed by atoms with Gasteiger partial charge in [0.05, 0.1) is 0 Å². The molecule has 5 nitrogen and oxygen atoms in total. The molecular formula is C25H23IN2O3. The fourth-order valence-electron chi connectivity index (χ4n) is 3.12. The fourth-order valence-corrected chi connectivity index (χ4v) is 3.48. The number of oxazole rings is 1. The average Bonchev–Trinajstić information content (AvgIpc) is 3.16. The number of halogens is 1. The minimum Gasteiger partial charge on any atom is -0.484 e. The lowest BCUT2D eigenvalue weighted by atomic mass is 9.87. The maximum Gasteiger partial charge on any atom is 0.262 e.